The predicted octanol–water partition coefficient (Wildman–Crippen LogP) is 3.22. The Bertz CT molecular complexity index is 827. The van der Waals surface area contributed by atoms with Crippen LogP contribution in [0.1, 0.15) is 25.3 Å². The molecule has 26 heavy (non-hydrogen) atoms. The van der Waals surface area contributed by atoms with Crippen molar-refractivity contribution < 1.29 is 33.8 Å². The van der Waals surface area contributed by atoms with Crippen molar-refractivity contribution in [2.75, 3.05) is 7.11 Å². The van der Waals surface area contributed by atoms with Crippen LogP contribution in [0.4, 0.5) is 15.3 Å². The first-order chi connectivity index (χ1) is 12.2. The lowest BCUT2D eigenvalue weighted by Gasteiger charge is -2.29. The molecule has 0 aromatic heterocycles. The molecule has 2 N–H and O–H groups in total. The quantitative estimate of drug-likeness (QED) is 0.468. The lowest BCUT2D eigenvalue weighted by molar-refractivity contribution is -0.384. The summed E-state index contributed by atoms with van der Waals surface area (Å²) in [7, 11) is 1.12. The maximum atomic E-state index is 11.6. The highest BCUT2D eigenvalue weighted by Crippen LogP contribution is 2.40. The average Bonchev–Trinajstić information content (AvgIpc) is 2.58. The first-order valence-corrected chi connectivity index (χ1v) is 7.34. The molecule has 1 aromatic carbocycles. The van der Waals surface area contributed by atoms with Gasteiger partial charge in [0.2, 0.25) is 0 Å². The van der Waals surface area contributed by atoms with Gasteiger partial charge < -0.3 is 24.6 Å². The summed E-state index contributed by atoms with van der Waals surface area (Å²) in [5.74, 6) is -1.05. The second kappa shape index (κ2) is 7.55. The number of methoxy groups -OCH3 is 1. The number of nitro benzene ring substituents is 1. The van der Waals surface area contributed by atoms with Gasteiger partial charge in [-0.1, -0.05) is 12.1 Å². The second-order valence-corrected chi connectivity index (χ2v) is 5.31. The van der Waals surface area contributed by atoms with Crippen LogP contribution in [-0.2, 0) is 14.2 Å². The van der Waals surface area contributed by atoms with Crippen molar-refractivity contribution in [2.24, 2.45) is 0 Å². The topological polar surface area (TPSA) is 137 Å². The summed E-state index contributed by atoms with van der Waals surface area (Å²) >= 11 is 0. The summed E-state index contributed by atoms with van der Waals surface area (Å²) in [6, 6.07) is 5.52. The minimum absolute atomic E-state index is 0.0131. The Labute approximate surface area is 147 Å². The number of rotatable bonds is 4. The smallest absolute Gasteiger partial charge is 0.449 e. The van der Waals surface area contributed by atoms with Gasteiger partial charge in [-0.05, 0) is 19.4 Å². The number of nitro groups is 1. The van der Waals surface area contributed by atoms with Crippen molar-refractivity contribution in [3.05, 3.63) is 62.9 Å². The molecule has 138 valence electrons. The van der Waals surface area contributed by atoms with E-state index in [0.717, 1.165) is 7.11 Å². The number of nitrogens with one attached hydrogen (secondary N) is 1. The minimum Gasteiger partial charge on any atom is -0.449 e. The third kappa shape index (κ3) is 3.91. The summed E-state index contributed by atoms with van der Waals surface area (Å²) < 4.78 is 14.5. The standard InChI is InChI=1S/C16H16N2O8/c1-8-13(25-15(19)20)12(10-5-4-6-11(7-10)18(22)23)14(9(2)17-8)26-16(21)24-3/h4-7,12,17H,1-3H3,(H,19,20). The molecule has 0 bridgehead atoms. The van der Waals surface area contributed by atoms with Gasteiger partial charge in [0, 0.05) is 12.1 Å². The largest absolute Gasteiger partial charge is 0.513 e. The second-order valence-electron chi connectivity index (χ2n) is 5.31. The Morgan fingerprint density at radius 2 is 1.81 bits per heavy atom. The molecule has 1 aromatic rings. The zero-order valence-electron chi connectivity index (χ0n) is 14.1. The highest BCUT2D eigenvalue weighted by molar-refractivity contribution is 5.64. The monoisotopic (exact) mass is 364 g/mol. The van der Waals surface area contributed by atoms with E-state index >= 15 is 0 Å². The van der Waals surface area contributed by atoms with Crippen molar-refractivity contribution in [1.29, 1.82) is 0 Å². The van der Waals surface area contributed by atoms with Crippen molar-refractivity contribution in [3.63, 3.8) is 0 Å². The molecule has 0 spiro atoms. The van der Waals surface area contributed by atoms with Crippen LogP contribution >= 0.6 is 0 Å². The number of non-ortho nitro benzene ring substituents is 1. The fourth-order valence-electron chi connectivity index (χ4n) is 2.57. The van der Waals surface area contributed by atoms with E-state index in [9.17, 15) is 19.7 Å². The van der Waals surface area contributed by atoms with Crippen LogP contribution in [-0.4, -0.2) is 29.5 Å². The zero-order chi connectivity index (χ0) is 19.4. The maximum absolute atomic E-state index is 11.6. The van der Waals surface area contributed by atoms with E-state index in [1.54, 1.807) is 13.8 Å². The normalized spacial score (nSPS) is 16.7. The molecule has 1 heterocycles. The lowest BCUT2D eigenvalue weighted by atomic mass is 9.90. The summed E-state index contributed by atoms with van der Waals surface area (Å²) in [5, 5.41) is 23.0. The summed E-state index contributed by atoms with van der Waals surface area (Å²) in [4.78, 5) is 33.2. The lowest BCUT2D eigenvalue weighted by Crippen LogP contribution is -2.28. The minimum atomic E-state index is -1.58. The molecule has 0 radical (unpaired) electrons. The van der Waals surface area contributed by atoms with E-state index in [1.807, 2.05) is 0 Å². The number of hydrogen-bond acceptors (Lipinski definition) is 8. The van der Waals surface area contributed by atoms with Crippen LogP contribution in [0.25, 0.3) is 0 Å². The molecule has 1 atom stereocenters. The van der Waals surface area contributed by atoms with E-state index in [1.165, 1.54) is 24.3 Å². The Morgan fingerprint density at radius 1 is 1.19 bits per heavy atom. The summed E-state index contributed by atoms with van der Waals surface area (Å²) in [6.07, 6.45) is -2.60. The molecule has 10 heteroatoms. The molecule has 0 aliphatic carbocycles. The molecule has 1 aliphatic heterocycles. The van der Waals surface area contributed by atoms with E-state index in [0.29, 0.717) is 17.0 Å². The van der Waals surface area contributed by atoms with Crippen LogP contribution in [0.5, 0.6) is 0 Å². The van der Waals surface area contributed by atoms with Crippen molar-refractivity contribution in [2.45, 2.75) is 19.8 Å². The number of allylic oxidation sites excluding steroid dienone is 2. The molecule has 1 unspecified atom stereocenters. The van der Waals surface area contributed by atoms with E-state index in [-0.39, 0.29) is 17.2 Å². The van der Waals surface area contributed by atoms with Crippen LogP contribution in [0, 0.1) is 10.1 Å². The molecule has 0 fully saturated rings. The molecular formula is C16H16N2O8. The van der Waals surface area contributed by atoms with Gasteiger partial charge in [0.25, 0.3) is 5.69 Å². The van der Waals surface area contributed by atoms with Gasteiger partial charge in [-0.25, -0.2) is 9.59 Å². The number of nitrogens with zero attached hydrogens (tertiary/aromatic N) is 1. The Hall–Kier alpha value is -3.56. The van der Waals surface area contributed by atoms with Gasteiger partial charge in [0.15, 0.2) is 0 Å². The molecule has 2 rings (SSSR count). The van der Waals surface area contributed by atoms with Crippen molar-refractivity contribution in [1.82, 2.24) is 5.32 Å². The van der Waals surface area contributed by atoms with Gasteiger partial charge in [-0.3, -0.25) is 10.1 Å². The average molecular weight is 364 g/mol. The van der Waals surface area contributed by atoms with Gasteiger partial charge in [-0.2, -0.15) is 0 Å². The first kappa shape index (κ1) is 18.8. The highest BCUT2D eigenvalue weighted by Gasteiger charge is 2.35. The molecule has 0 saturated carbocycles. The van der Waals surface area contributed by atoms with Crippen molar-refractivity contribution >= 4 is 18.0 Å². The molecular weight excluding hydrogens is 348 g/mol. The number of carboxylic acid groups (broad SMARTS) is 1. The third-order valence-corrected chi connectivity index (χ3v) is 3.61. The highest BCUT2D eigenvalue weighted by atomic mass is 16.7. The molecule has 0 amide bonds. The fraction of sp³-hybridized carbons (Fsp3) is 0.250. The SMILES string of the molecule is COC(=O)OC1=C(C)NC(C)=C(OC(=O)O)C1c1cccc([N+](=O)[O-])c1. The van der Waals surface area contributed by atoms with Crippen LogP contribution in [0.3, 0.4) is 0 Å². The Kier molecular flexibility index (Phi) is 5.45. The van der Waals surface area contributed by atoms with E-state index in [4.69, 9.17) is 14.6 Å². The zero-order valence-corrected chi connectivity index (χ0v) is 14.1. The van der Waals surface area contributed by atoms with Crippen molar-refractivity contribution in [3.8, 4) is 0 Å². The number of benzene rings is 1. The third-order valence-electron chi connectivity index (χ3n) is 3.61. The number of dihydropyridines is 1. The molecule has 0 saturated heterocycles. The molecule has 1 aliphatic rings. The first-order valence-electron chi connectivity index (χ1n) is 7.34. The predicted molar refractivity (Wildman–Crippen MR) is 87.0 cm³/mol. The van der Waals surface area contributed by atoms with Gasteiger partial charge >= 0.3 is 12.3 Å². The van der Waals surface area contributed by atoms with Crippen LogP contribution in [0.2, 0.25) is 0 Å². The van der Waals surface area contributed by atoms with Gasteiger partial charge in [0.1, 0.15) is 17.4 Å². The fourth-order valence-corrected chi connectivity index (χ4v) is 2.57. The van der Waals surface area contributed by atoms with Crippen LogP contribution < -0.4 is 5.32 Å². The molecule has 10 nitrogen and oxygen atoms in total. The summed E-state index contributed by atoms with van der Waals surface area (Å²) in [5.41, 5.74) is 0.874. The van der Waals surface area contributed by atoms with E-state index < -0.39 is 23.2 Å². The number of carbonyl (C=O) groups is 2. The number of ether oxygens (including phenoxy) is 3. The Balaban J connectivity index is 2.61. The number of carbonyl (C=O) groups excluding carboxylic acids is 1. The Morgan fingerprint density at radius 3 is 2.35 bits per heavy atom. The summed E-state index contributed by atoms with van der Waals surface area (Å²) in [6.45, 7) is 3.17. The van der Waals surface area contributed by atoms with Gasteiger partial charge in [-0.15, -0.1) is 0 Å². The number of hydrogen-bond donors (Lipinski definition) is 2. The van der Waals surface area contributed by atoms with Gasteiger partial charge in [0.05, 0.1) is 23.4 Å². The maximum Gasteiger partial charge on any atom is 0.513 e. The van der Waals surface area contributed by atoms with Crippen LogP contribution in [0.15, 0.2) is 47.2 Å². The van der Waals surface area contributed by atoms with E-state index in [2.05, 4.69) is 10.1 Å².